The second kappa shape index (κ2) is 16.2. The number of allylic oxidation sites excluding steroid dienone is 8. The fourth-order valence-electron chi connectivity index (χ4n) is 8.11. The van der Waals surface area contributed by atoms with Crippen LogP contribution in [0.3, 0.4) is 0 Å². The predicted molar refractivity (Wildman–Crippen MR) is 210 cm³/mol. The number of rotatable bonds is 13. The van der Waals surface area contributed by atoms with Crippen LogP contribution >= 0.6 is 0 Å². The van der Waals surface area contributed by atoms with Gasteiger partial charge in [-0.3, -0.25) is 0 Å². The Bertz CT molecular complexity index is 2170. The van der Waals surface area contributed by atoms with Gasteiger partial charge in [0.15, 0.2) is 5.71 Å². The Balaban J connectivity index is 0.00000504. The summed E-state index contributed by atoms with van der Waals surface area (Å²) in [6.45, 7) is 13.1. The number of hydrogen-bond donors (Lipinski definition) is 0. The average Bonchev–Trinajstić information content (AvgIpc) is 3.44. The molecule has 0 unspecified atom stereocenters. The first-order valence-electron chi connectivity index (χ1n) is 18.1. The topological polar surface area (TPSA) is 63.5 Å². The Labute approximate surface area is 327 Å². The van der Waals surface area contributed by atoms with Gasteiger partial charge in [-0.05, 0) is 78.4 Å². The minimum absolute atomic E-state index is 0. The largest absolute Gasteiger partial charge is 1.00 e. The van der Waals surface area contributed by atoms with Crippen LogP contribution in [0.25, 0.3) is 21.5 Å². The van der Waals surface area contributed by atoms with Crippen LogP contribution in [0.15, 0.2) is 121 Å². The molecule has 5 nitrogen and oxygen atoms in total. The Morgan fingerprint density at radius 1 is 0.725 bits per heavy atom. The smallest absolute Gasteiger partial charge is 0.748 e. The van der Waals surface area contributed by atoms with Crippen LogP contribution in [0.2, 0.25) is 0 Å². The standard InChI is InChI=1S/C44H50N2O3S.Na/c1-6-7-17-30-45-37-28-26-33-20-13-15-22-35(33)41(37)43(2,3)39(45)24-11-9-8-10-12-25-40-44(4,5)42-36-23-16-14-21-34(36)27-29-38(42)46(40)31-18-19-32-50(47,48)49;/h8-16,20-29H,6-7,17-19,30-32H2,1-5H3;/q;+1. The molecule has 0 radical (unpaired) electrons. The molecule has 0 fully saturated rings. The normalized spacial score (nSPS) is 17.5. The van der Waals surface area contributed by atoms with Crippen LogP contribution in [0, 0.1) is 0 Å². The van der Waals surface area contributed by atoms with Crippen molar-refractivity contribution >= 4 is 48.7 Å². The zero-order chi connectivity index (χ0) is 35.5. The summed E-state index contributed by atoms with van der Waals surface area (Å²) in [5.41, 5.74) is 7.26. The SMILES string of the molecule is CCCCC[N+]1=C(C=CC=CC=CC=C2N(CCCCS(=O)(=O)[O-])c3ccc4ccccc4c3C2(C)C)C(C)(C)c2c1ccc1ccccc21.[Na+]. The van der Waals surface area contributed by atoms with Crippen molar-refractivity contribution in [2.75, 3.05) is 23.7 Å². The summed E-state index contributed by atoms with van der Waals surface area (Å²) in [5.74, 6) is -0.332. The van der Waals surface area contributed by atoms with Crippen molar-refractivity contribution in [3.63, 3.8) is 0 Å². The summed E-state index contributed by atoms with van der Waals surface area (Å²) in [7, 11) is -4.23. The molecule has 260 valence electrons. The molecule has 0 saturated heterocycles. The minimum Gasteiger partial charge on any atom is -0.748 e. The molecular formula is C44H50N2NaO3S+. The van der Waals surface area contributed by atoms with E-state index in [1.54, 1.807) is 0 Å². The van der Waals surface area contributed by atoms with E-state index in [4.69, 9.17) is 0 Å². The van der Waals surface area contributed by atoms with Crippen molar-refractivity contribution in [3.8, 4) is 0 Å². The molecular weight excluding hydrogens is 660 g/mol. The van der Waals surface area contributed by atoms with Gasteiger partial charge in [0, 0.05) is 53.2 Å². The number of nitrogens with zero attached hydrogens (tertiary/aromatic N) is 2. The third-order valence-electron chi connectivity index (χ3n) is 10.5. The molecule has 51 heavy (non-hydrogen) atoms. The summed E-state index contributed by atoms with van der Waals surface area (Å²) in [4.78, 5) is 2.31. The Hall–Kier alpha value is -3.26. The van der Waals surface area contributed by atoms with Crippen LogP contribution in [0.4, 0.5) is 11.4 Å². The van der Waals surface area contributed by atoms with E-state index in [1.807, 2.05) is 0 Å². The molecule has 4 aromatic carbocycles. The van der Waals surface area contributed by atoms with Gasteiger partial charge >= 0.3 is 29.6 Å². The molecule has 7 heteroatoms. The summed E-state index contributed by atoms with van der Waals surface area (Å²) < 4.78 is 36.3. The Kier molecular flexibility index (Phi) is 12.4. The summed E-state index contributed by atoms with van der Waals surface area (Å²) in [5, 5.41) is 5.05. The Morgan fingerprint density at radius 3 is 2.04 bits per heavy atom. The fourth-order valence-corrected chi connectivity index (χ4v) is 8.66. The maximum Gasteiger partial charge on any atom is 1.00 e. The van der Waals surface area contributed by atoms with Crippen LogP contribution in [-0.2, 0) is 20.9 Å². The van der Waals surface area contributed by atoms with Crippen LogP contribution in [0.5, 0.6) is 0 Å². The van der Waals surface area contributed by atoms with Crippen LogP contribution in [-0.4, -0.2) is 42.1 Å². The molecule has 0 aromatic heterocycles. The number of hydrogen-bond acceptors (Lipinski definition) is 4. The van der Waals surface area contributed by atoms with E-state index >= 15 is 0 Å². The molecule has 4 aromatic rings. The maximum atomic E-state index is 11.3. The van der Waals surface area contributed by atoms with Crippen molar-refractivity contribution in [3.05, 3.63) is 132 Å². The van der Waals surface area contributed by atoms with Crippen molar-refractivity contribution in [2.45, 2.75) is 77.6 Å². The van der Waals surface area contributed by atoms with Crippen molar-refractivity contribution < 1.29 is 47.1 Å². The third kappa shape index (κ3) is 8.06. The van der Waals surface area contributed by atoms with E-state index in [-0.39, 0.29) is 46.1 Å². The van der Waals surface area contributed by atoms with Gasteiger partial charge in [0.2, 0.25) is 5.69 Å². The van der Waals surface area contributed by atoms with Gasteiger partial charge in [-0.2, -0.15) is 4.58 Å². The first-order valence-corrected chi connectivity index (χ1v) is 19.7. The Morgan fingerprint density at radius 2 is 1.35 bits per heavy atom. The quantitative estimate of drug-likeness (QED) is 0.0483. The predicted octanol–water partition coefficient (Wildman–Crippen LogP) is 7.24. The number of anilines is 1. The molecule has 0 atom stereocenters. The van der Waals surface area contributed by atoms with Crippen LogP contribution < -0.4 is 34.5 Å². The van der Waals surface area contributed by atoms with Crippen molar-refractivity contribution in [1.29, 1.82) is 0 Å². The summed E-state index contributed by atoms with van der Waals surface area (Å²) in [6, 6.07) is 26.1. The first-order chi connectivity index (χ1) is 23.9. The molecule has 2 heterocycles. The zero-order valence-electron chi connectivity index (χ0n) is 31.2. The van der Waals surface area contributed by atoms with Gasteiger partial charge in [0.1, 0.15) is 6.54 Å². The fraction of sp³-hybridized carbons (Fsp3) is 0.341. The average molecular weight is 710 g/mol. The van der Waals surface area contributed by atoms with Gasteiger partial charge in [-0.15, -0.1) is 0 Å². The molecule has 2 aliphatic rings. The summed E-state index contributed by atoms with van der Waals surface area (Å²) >= 11 is 0. The van der Waals surface area contributed by atoms with Crippen molar-refractivity contribution in [1.82, 2.24) is 0 Å². The second-order valence-electron chi connectivity index (χ2n) is 14.7. The molecule has 0 spiro atoms. The molecule has 0 amide bonds. The van der Waals surface area contributed by atoms with Gasteiger partial charge in [0.05, 0.1) is 15.5 Å². The monoisotopic (exact) mass is 709 g/mol. The van der Waals surface area contributed by atoms with Gasteiger partial charge in [0.25, 0.3) is 0 Å². The molecule has 0 aliphatic carbocycles. The van der Waals surface area contributed by atoms with Crippen LogP contribution in [0.1, 0.15) is 77.8 Å². The van der Waals surface area contributed by atoms with Gasteiger partial charge in [-0.25, -0.2) is 8.42 Å². The molecule has 0 bridgehead atoms. The molecule has 0 N–H and O–H groups in total. The number of benzene rings is 4. The molecule has 0 saturated carbocycles. The van der Waals surface area contributed by atoms with E-state index in [1.165, 1.54) is 56.9 Å². The van der Waals surface area contributed by atoms with E-state index in [0.29, 0.717) is 19.4 Å². The zero-order valence-corrected chi connectivity index (χ0v) is 34.0. The second-order valence-corrected chi connectivity index (χ2v) is 16.2. The number of unbranched alkanes of at least 4 members (excludes halogenated alkanes) is 3. The van der Waals surface area contributed by atoms with Gasteiger partial charge < -0.3 is 9.45 Å². The summed E-state index contributed by atoms with van der Waals surface area (Å²) in [6.07, 6.45) is 19.5. The van der Waals surface area contributed by atoms with Crippen molar-refractivity contribution in [2.24, 2.45) is 0 Å². The van der Waals surface area contributed by atoms with E-state index in [9.17, 15) is 13.0 Å². The molecule has 6 rings (SSSR count). The first kappa shape index (κ1) is 39.0. The molecule has 2 aliphatic heterocycles. The maximum absolute atomic E-state index is 11.3. The number of fused-ring (bicyclic) bond motifs is 6. The van der Waals surface area contributed by atoms with E-state index < -0.39 is 10.1 Å². The minimum atomic E-state index is -4.23. The third-order valence-corrected chi connectivity index (χ3v) is 11.3. The van der Waals surface area contributed by atoms with E-state index in [0.717, 1.165) is 24.4 Å². The van der Waals surface area contributed by atoms with Gasteiger partial charge in [-0.1, -0.05) is 112 Å². The van der Waals surface area contributed by atoms with E-state index in [2.05, 4.69) is 159 Å².